The second-order valence-electron chi connectivity index (χ2n) is 12.4. The molecule has 0 heterocycles. The van der Waals surface area contributed by atoms with E-state index in [9.17, 15) is 5.11 Å². The number of allylic oxidation sites excluding steroid dienone is 2. The van der Waals surface area contributed by atoms with Gasteiger partial charge in [-0.3, -0.25) is 0 Å². The molecule has 0 aromatic rings. The number of fused-ring (bicyclic) bond motifs is 5. The molecule has 1 heteroatoms. The summed E-state index contributed by atoms with van der Waals surface area (Å²) in [5.74, 6) is 5.77. The van der Waals surface area contributed by atoms with E-state index >= 15 is 0 Å². The molecule has 0 radical (unpaired) electrons. The Bertz CT molecular complexity index is 607. The minimum absolute atomic E-state index is 0.343. The number of rotatable bonds is 6. The third-order valence-electron chi connectivity index (χ3n) is 11.1. The van der Waals surface area contributed by atoms with Crippen molar-refractivity contribution in [3.8, 4) is 0 Å². The number of hydrogen-bond donors (Lipinski definition) is 1. The summed E-state index contributed by atoms with van der Waals surface area (Å²) in [6.07, 6.45) is 18.5. The SMILES string of the molecule is CC(CO)[C@@H](C)CC[C@@H](C)[C@H]1CC[C@H]2[C@@H]3CC=C4CCCC[C@]4(C)[C@H]3CC[C@]12C. The Kier molecular flexibility index (Phi) is 6.29. The summed E-state index contributed by atoms with van der Waals surface area (Å²) in [4.78, 5) is 0. The standard InChI is InChI=1S/C28H48O/c1-19(21(3)18-29)9-10-20(2)24-13-14-25-23-12-11-22-8-6-7-16-27(22,4)26(23)15-17-28(24,25)5/h11,19-21,23-26,29H,6-10,12-18H2,1-5H3/t19-,20+,21?,23-,24+,25-,26-,27-,28+/m0/s1. The first-order valence-electron chi connectivity index (χ1n) is 13.1. The summed E-state index contributed by atoms with van der Waals surface area (Å²) in [7, 11) is 0. The normalized spacial score (nSPS) is 44.8. The lowest BCUT2D eigenvalue weighted by Crippen LogP contribution is -2.50. The third kappa shape index (κ3) is 3.66. The molecule has 1 nitrogen and oxygen atoms in total. The quantitative estimate of drug-likeness (QED) is 0.454. The first kappa shape index (κ1) is 21.9. The predicted molar refractivity (Wildman–Crippen MR) is 124 cm³/mol. The maximum atomic E-state index is 9.49. The molecule has 0 spiro atoms. The largest absolute Gasteiger partial charge is 0.396 e. The van der Waals surface area contributed by atoms with Crippen LogP contribution in [0.4, 0.5) is 0 Å². The van der Waals surface area contributed by atoms with Crippen molar-refractivity contribution in [3.05, 3.63) is 11.6 Å². The zero-order chi connectivity index (χ0) is 20.8. The Morgan fingerprint density at radius 3 is 2.52 bits per heavy atom. The Morgan fingerprint density at radius 2 is 1.76 bits per heavy atom. The van der Waals surface area contributed by atoms with Crippen LogP contribution >= 0.6 is 0 Å². The van der Waals surface area contributed by atoms with E-state index in [-0.39, 0.29) is 0 Å². The third-order valence-corrected chi connectivity index (χ3v) is 11.1. The van der Waals surface area contributed by atoms with E-state index in [1.165, 1.54) is 70.6 Å². The second-order valence-corrected chi connectivity index (χ2v) is 12.4. The van der Waals surface area contributed by atoms with Gasteiger partial charge in [-0.05, 0) is 104 Å². The zero-order valence-corrected chi connectivity index (χ0v) is 20.1. The molecule has 166 valence electrons. The highest BCUT2D eigenvalue weighted by molar-refractivity contribution is 5.24. The summed E-state index contributed by atoms with van der Waals surface area (Å²) in [6, 6.07) is 0. The van der Waals surface area contributed by atoms with E-state index < -0.39 is 0 Å². The number of aliphatic hydroxyl groups excluding tert-OH is 1. The average Bonchev–Trinajstić information content (AvgIpc) is 3.08. The maximum Gasteiger partial charge on any atom is 0.0459 e. The minimum atomic E-state index is 0.343. The summed E-state index contributed by atoms with van der Waals surface area (Å²) in [5.41, 5.74) is 2.98. The lowest BCUT2D eigenvalue weighted by molar-refractivity contribution is -0.0503. The fourth-order valence-electron chi connectivity index (χ4n) is 8.86. The molecule has 0 amide bonds. The molecule has 9 atom stereocenters. The molecular weight excluding hydrogens is 352 g/mol. The van der Waals surface area contributed by atoms with Gasteiger partial charge in [0.05, 0.1) is 0 Å². The van der Waals surface area contributed by atoms with E-state index in [1.807, 2.05) is 5.57 Å². The van der Waals surface area contributed by atoms with Crippen molar-refractivity contribution in [2.45, 2.75) is 105 Å². The van der Waals surface area contributed by atoms with Gasteiger partial charge in [-0.15, -0.1) is 0 Å². The van der Waals surface area contributed by atoms with Gasteiger partial charge in [0.2, 0.25) is 0 Å². The van der Waals surface area contributed by atoms with Crippen molar-refractivity contribution in [1.82, 2.24) is 0 Å². The van der Waals surface area contributed by atoms with Gasteiger partial charge in [0, 0.05) is 6.61 Å². The monoisotopic (exact) mass is 400 g/mol. The molecule has 0 aromatic heterocycles. The fraction of sp³-hybridized carbons (Fsp3) is 0.929. The van der Waals surface area contributed by atoms with Gasteiger partial charge in [-0.25, -0.2) is 0 Å². The van der Waals surface area contributed by atoms with Crippen LogP contribution in [-0.2, 0) is 0 Å². The topological polar surface area (TPSA) is 20.2 Å². The second kappa shape index (κ2) is 8.33. The summed E-state index contributed by atoms with van der Waals surface area (Å²) in [6.45, 7) is 12.8. The molecule has 4 aliphatic carbocycles. The molecule has 0 bridgehead atoms. The van der Waals surface area contributed by atoms with Gasteiger partial charge in [0.15, 0.2) is 0 Å². The van der Waals surface area contributed by atoms with Crippen molar-refractivity contribution < 1.29 is 5.11 Å². The van der Waals surface area contributed by atoms with E-state index in [2.05, 4.69) is 40.7 Å². The molecule has 1 unspecified atom stereocenters. The molecule has 1 N–H and O–H groups in total. The molecule has 29 heavy (non-hydrogen) atoms. The Labute approximate surface area is 181 Å². The lowest BCUT2D eigenvalue weighted by atomic mass is 9.47. The molecular formula is C28H48O. The van der Waals surface area contributed by atoms with Crippen LogP contribution < -0.4 is 0 Å². The van der Waals surface area contributed by atoms with Crippen LogP contribution in [0.25, 0.3) is 0 Å². The minimum Gasteiger partial charge on any atom is -0.396 e. The van der Waals surface area contributed by atoms with Gasteiger partial charge in [0.1, 0.15) is 0 Å². The molecule has 4 rings (SSSR count). The van der Waals surface area contributed by atoms with Gasteiger partial charge in [-0.2, -0.15) is 0 Å². The van der Waals surface area contributed by atoms with Crippen LogP contribution in [0.3, 0.4) is 0 Å². The highest BCUT2D eigenvalue weighted by Gasteiger charge is 2.58. The Morgan fingerprint density at radius 1 is 0.966 bits per heavy atom. The maximum absolute atomic E-state index is 9.49. The molecule has 0 aliphatic heterocycles. The van der Waals surface area contributed by atoms with Crippen LogP contribution in [-0.4, -0.2) is 11.7 Å². The summed E-state index contributed by atoms with van der Waals surface area (Å²) >= 11 is 0. The van der Waals surface area contributed by atoms with Crippen molar-refractivity contribution in [3.63, 3.8) is 0 Å². The first-order valence-corrected chi connectivity index (χ1v) is 13.1. The number of hydrogen-bond acceptors (Lipinski definition) is 1. The Balaban J connectivity index is 1.46. The van der Waals surface area contributed by atoms with Gasteiger partial charge in [0.25, 0.3) is 0 Å². The number of aliphatic hydroxyl groups is 1. The van der Waals surface area contributed by atoms with Crippen LogP contribution in [0.1, 0.15) is 105 Å². The van der Waals surface area contributed by atoms with E-state index in [4.69, 9.17) is 0 Å². The molecule has 0 saturated heterocycles. The first-order chi connectivity index (χ1) is 13.8. The van der Waals surface area contributed by atoms with Crippen LogP contribution in [0.2, 0.25) is 0 Å². The lowest BCUT2D eigenvalue weighted by Gasteiger charge is -2.58. The van der Waals surface area contributed by atoms with Crippen molar-refractivity contribution in [2.24, 2.45) is 52.3 Å². The van der Waals surface area contributed by atoms with Crippen molar-refractivity contribution in [2.75, 3.05) is 6.61 Å². The molecule has 3 saturated carbocycles. The highest BCUT2D eigenvalue weighted by Crippen LogP contribution is 2.67. The predicted octanol–water partition coefficient (Wildman–Crippen LogP) is 7.64. The van der Waals surface area contributed by atoms with E-state index in [0.29, 0.717) is 29.3 Å². The van der Waals surface area contributed by atoms with Crippen molar-refractivity contribution in [1.29, 1.82) is 0 Å². The molecule has 4 aliphatic rings. The highest BCUT2D eigenvalue weighted by atomic mass is 16.3. The fourth-order valence-corrected chi connectivity index (χ4v) is 8.86. The smallest absolute Gasteiger partial charge is 0.0459 e. The zero-order valence-electron chi connectivity index (χ0n) is 20.1. The average molecular weight is 401 g/mol. The van der Waals surface area contributed by atoms with Gasteiger partial charge < -0.3 is 5.11 Å². The Hall–Kier alpha value is -0.300. The molecule has 0 aromatic carbocycles. The van der Waals surface area contributed by atoms with E-state index in [0.717, 1.165) is 29.6 Å². The van der Waals surface area contributed by atoms with Crippen LogP contribution in [0.15, 0.2) is 11.6 Å². The van der Waals surface area contributed by atoms with Crippen LogP contribution in [0.5, 0.6) is 0 Å². The van der Waals surface area contributed by atoms with Gasteiger partial charge >= 0.3 is 0 Å². The van der Waals surface area contributed by atoms with Crippen LogP contribution in [0, 0.1) is 52.3 Å². The van der Waals surface area contributed by atoms with E-state index in [1.54, 1.807) is 0 Å². The van der Waals surface area contributed by atoms with Gasteiger partial charge in [-0.1, -0.05) is 65.5 Å². The van der Waals surface area contributed by atoms with Crippen molar-refractivity contribution >= 4 is 0 Å². The summed E-state index contributed by atoms with van der Waals surface area (Å²) in [5, 5.41) is 9.49. The summed E-state index contributed by atoms with van der Waals surface area (Å²) < 4.78 is 0. The molecule has 3 fully saturated rings.